The first-order valence-corrected chi connectivity index (χ1v) is 4.60. The van der Waals surface area contributed by atoms with Crippen LogP contribution in [0.5, 0.6) is 0 Å². The number of fused-ring (bicyclic) bond motifs is 1. The number of halogens is 3. The molecule has 1 aromatic heterocycles. The quantitative estimate of drug-likeness (QED) is 0.691. The Kier molecular flexibility index (Phi) is 5.00. The van der Waals surface area contributed by atoms with Crippen molar-refractivity contribution < 1.29 is 64.3 Å². The summed E-state index contributed by atoms with van der Waals surface area (Å²) in [5.74, 6) is 0. The third-order valence-electron chi connectivity index (χ3n) is 2.10. The van der Waals surface area contributed by atoms with Gasteiger partial charge in [-0.1, -0.05) is 24.3 Å². The molecule has 0 amide bonds. The molecule has 0 aliphatic rings. The van der Waals surface area contributed by atoms with E-state index in [1.807, 2.05) is 12.1 Å². The van der Waals surface area contributed by atoms with E-state index in [1.165, 1.54) is 6.07 Å². The summed E-state index contributed by atoms with van der Waals surface area (Å²) >= 11 is 0. The molecule has 0 bridgehead atoms. The minimum Gasteiger partial charge on any atom is -0.449 e. The largest absolute Gasteiger partial charge is 1.00 e. The molecule has 1 nitrogen and oxygen atoms in total. The molecular formula is C10H8BF3KN. The number of hydrogen-bond acceptors (Lipinski definition) is 1. The first-order chi connectivity index (χ1) is 7.04. The van der Waals surface area contributed by atoms with Gasteiger partial charge < -0.3 is 12.9 Å². The van der Waals surface area contributed by atoms with Crippen LogP contribution in [0.15, 0.2) is 36.4 Å². The summed E-state index contributed by atoms with van der Waals surface area (Å²) in [7, 11) is 0. The van der Waals surface area contributed by atoms with Crippen molar-refractivity contribution in [2.75, 3.05) is 0 Å². The summed E-state index contributed by atoms with van der Waals surface area (Å²) in [6.45, 7) is -4.81. The van der Waals surface area contributed by atoms with Crippen LogP contribution in [0.1, 0.15) is 5.69 Å². The molecule has 0 aliphatic carbocycles. The number of hydrogen-bond donors (Lipinski definition) is 0. The smallest absolute Gasteiger partial charge is 0.449 e. The Morgan fingerprint density at radius 3 is 2.38 bits per heavy atom. The number of nitrogens with zero attached hydrogens (tertiary/aromatic N) is 1. The molecule has 0 saturated carbocycles. The summed E-state index contributed by atoms with van der Waals surface area (Å²) in [4.78, 5) is 3.96. The number of pyridine rings is 1. The average Bonchev–Trinajstić information content (AvgIpc) is 2.15. The van der Waals surface area contributed by atoms with Crippen molar-refractivity contribution in [1.29, 1.82) is 0 Å². The van der Waals surface area contributed by atoms with Crippen molar-refractivity contribution in [2.45, 2.75) is 6.32 Å². The van der Waals surface area contributed by atoms with E-state index in [4.69, 9.17) is 0 Å². The Hall–Kier alpha value is 0.121. The van der Waals surface area contributed by atoms with Crippen LogP contribution < -0.4 is 51.4 Å². The molecule has 0 N–H and O–H groups in total. The van der Waals surface area contributed by atoms with Crippen molar-refractivity contribution in [1.82, 2.24) is 4.98 Å². The van der Waals surface area contributed by atoms with Gasteiger partial charge in [-0.2, -0.15) is 0 Å². The molecule has 0 radical (unpaired) electrons. The van der Waals surface area contributed by atoms with E-state index in [0.29, 0.717) is 5.52 Å². The Labute approximate surface area is 134 Å². The molecular weight excluding hydrogens is 241 g/mol. The van der Waals surface area contributed by atoms with Gasteiger partial charge >= 0.3 is 58.4 Å². The predicted octanol–water partition coefficient (Wildman–Crippen LogP) is 0.168. The molecule has 0 saturated heterocycles. The Bertz CT molecular complexity index is 487. The van der Waals surface area contributed by atoms with Crippen molar-refractivity contribution in [3.8, 4) is 0 Å². The second-order valence-corrected chi connectivity index (χ2v) is 3.41. The van der Waals surface area contributed by atoms with Crippen molar-refractivity contribution in [3.63, 3.8) is 0 Å². The van der Waals surface area contributed by atoms with Crippen LogP contribution >= 0.6 is 0 Å². The monoisotopic (exact) mass is 249 g/mol. The molecule has 0 spiro atoms. The minimum atomic E-state index is -4.81. The molecule has 0 atom stereocenters. The topological polar surface area (TPSA) is 12.9 Å². The van der Waals surface area contributed by atoms with Crippen molar-refractivity contribution >= 4 is 17.9 Å². The zero-order valence-electron chi connectivity index (χ0n) is 8.83. The van der Waals surface area contributed by atoms with Gasteiger partial charge in [-0.05, 0) is 18.5 Å². The fraction of sp³-hybridized carbons (Fsp3) is 0.100. The van der Waals surface area contributed by atoms with Gasteiger partial charge in [-0.3, -0.25) is 4.98 Å². The Morgan fingerprint density at radius 2 is 1.69 bits per heavy atom. The summed E-state index contributed by atoms with van der Waals surface area (Å²) < 4.78 is 36.5. The molecule has 0 unspecified atom stereocenters. The van der Waals surface area contributed by atoms with Crippen LogP contribution in [0.2, 0.25) is 0 Å². The fourth-order valence-corrected chi connectivity index (χ4v) is 1.46. The molecule has 1 heterocycles. The Balaban J connectivity index is 0.00000128. The van der Waals surface area contributed by atoms with Crippen molar-refractivity contribution in [2.24, 2.45) is 0 Å². The zero-order chi connectivity index (χ0) is 10.9. The third-order valence-corrected chi connectivity index (χ3v) is 2.10. The van der Waals surface area contributed by atoms with Crippen LogP contribution in [0.25, 0.3) is 10.9 Å². The number of para-hydroxylation sites is 1. The minimum absolute atomic E-state index is 0. The van der Waals surface area contributed by atoms with Crippen LogP contribution in [-0.4, -0.2) is 12.0 Å². The molecule has 16 heavy (non-hydrogen) atoms. The van der Waals surface area contributed by atoms with Gasteiger partial charge in [-0.15, -0.1) is 0 Å². The van der Waals surface area contributed by atoms with Gasteiger partial charge in [0.2, 0.25) is 0 Å². The summed E-state index contributed by atoms with van der Waals surface area (Å²) in [5, 5.41) is 0.857. The molecule has 0 fully saturated rings. The zero-order valence-corrected chi connectivity index (χ0v) is 12.0. The number of aromatic nitrogens is 1. The van der Waals surface area contributed by atoms with E-state index in [1.54, 1.807) is 18.2 Å². The first kappa shape index (κ1) is 14.2. The second-order valence-electron chi connectivity index (χ2n) is 3.41. The van der Waals surface area contributed by atoms with E-state index in [9.17, 15) is 12.9 Å². The van der Waals surface area contributed by atoms with E-state index < -0.39 is 13.3 Å². The van der Waals surface area contributed by atoms with Crippen LogP contribution in [0, 0.1) is 0 Å². The van der Waals surface area contributed by atoms with Gasteiger partial charge in [-0.25, -0.2) is 0 Å². The van der Waals surface area contributed by atoms with Crippen LogP contribution in [-0.2, 0) is 6.32 Å². The third kappa shape index (κ3) is 3.85. The van der Waals surface area contributed by atoms with E-state index >= 15 is 0 Å². The first-order valence-electron chi connectivity index (χ1n) is 4.60. The molecule has 0 aliphatic heterocycles. The molecule has 6 heteroatoms. The van der Waals surface area contributed by atoms with Gasteiger partial charge in [0.15, 0.2) is 0 Å². The van der Waals surface area contributed by atoms with E-state index in [0.717, 1.165) is 5.39 Å². The van der Waals surface area contributed by atoms with Crippen LogP contribution in [0.3, 0.4) is 0 Å². The van der Waals surface area contributed by atoms with Gasteiger partial charge in [0, 0.05) is 11.1 Å². The maximum Gasteiger partial charge on any atom is 1.00 e. The molecule has 1 aromatic carbocycles. The standard InChI is InChI=1S/C10H8BF3N.K/c12-11(13,14)7-9-6-5-8-3-1-2-4-10(8)15-9;/h1-6H,7H2;/q-1;+1. The maximum absolute atomic E-state index is 12.2. The SMILES string of the molecule is F[B-](F)(F)Cc1ccc2ccccc2n1.[K+]. The molecule has 78 valence electrons. The maximum atomic E-state index is 12.2. The summed E-state index contributed by atoms with van der Waals surface area (Å²) in [6, 6.07) is 10.2. The van der Waals surface area contributed by atoms with E-state index in [2.05, 4.69) is 4.98 Å². The van der Waals surface area contributed by atoms with Crippen LogP contribution in [0.4, 0.5) is 12.9 Å². The van der Waals surface area contributed by atoms with Crippen molar-refractivity contribution in [3.05, 3.63) is 42.1 Å². The summed E-state index contributed by atoms with van der Waals surface area (Å²) in [5.41, 5.74) is 0.691. The molecule has 2 rings (SSSR count). The van der Waals surface area contributed by atoms with Gasteiger partial charge in [0.1, 0.15) is 0 Å². The normalized spacial score (nSPS) is 11.2. The number of rotatable bonds is 2. The predicted molar refractivity (Wildman–Crippen MR) is 54.5 cm³/mol. The van der Waals surface area contributed by atoms with Gasteiger partial charge in [0.05, 0.1) is 5.52 Å². The average molecular weight is 249 g/mol. The fourth-order valence-electron chi connectivity index (χ4n) is 1.46. The number of benzene rings is 1. The second kappa shape index (κ2) is 5.64. The Morgan fingerprint density at radius 1 is 1.00 bits per heavy atom. The van der Waals surface area contributed by atoms with Gasteiger partial charge in [0.25, 0.3) is 0 Å². The van der Waals surface area contributed by atoms with E-state index in [-0.39, 0.29) is 57.1 Å². The molecule has 2 aromatic rings. The summed E-state index contributed by atoms with van der Waals surface area (Å²) in [6.07, 6.45) is -0.912.